The molecule has 26 heavy (non-hydrogen) atoms. The van der Waals surface area contributed by atoms with E-state index in [9.17, 15) is 21.6 Å². The number of hydrogen-bond donors (Lipinski definition) is 1. The molecule has 0 bridgehead atoms. The van der Waals surface area contributed by atoms with Gasteiger partial charge in [-0.25, -0.2) is 13.4 Å². The number of sulfonamides is 1. The third-order valence-corrected chi connectivity index (χ3v) is 6.35. The van der Waals surface area contributed by atoms with Gasteiger partial charge in [-0.2, -0.15) is 22.6 Å². The third kappa shape index (κ3) is 2.65. The van der Waals surface area contributed by atoms with Crippen molar-refractivity contribution in [3.8, 4) is 0 Å². The van der Waals surface area contributed by atoms with Crippen LogP contribution in [0.15, 0.2) is 41.6 Å². The lowest BCUT2D eigenvalue weighted by molar-refractivity contribution is -0.139. The number of rotatable bonds is 2. The van der Waals surface area contributed by atoms with Crippen LogP contribution in [0.3, 0.4) is 0 Å². The first-order valence-corrected chi connectivity index (χ1v) is 9.18. The lowest BCUT2D eigenvalue weighted by atomic mass is 10.0. The summed E-state index contributed by atoms with van der Waals surface area (Å²) in [4.78, 5) is 3.45. The topological polar surface area (TPSA) is 79.0 Å². The molecule has 10 heteroatoms. The number of aromatic amines is 1. The van der Waals surface area contributed by atoms with Crippen molar-refractivity contribution in [3.63, 3.8) is 0 Å². The molecule has 0 amide bonds. The molecule has 0 radical (unpaired) electrons. The van der Waals surface area contributed by atoms with Gasteiger partial charge >= 0.3 is 6.18 Å². The number of halogens is 3. The van der Waals surface area contributed by atoms with Gasteiger partial charge in [0.2, 0.25) is 10.0 Å². The van der Waals surface area contributed by atoms with Crippen molar-refractivity contribution in [2.75, 3.05) is 6.54 Å². The summed E-state index contributed by atoms with van der Waals surface area (Å²) in [6, 6.07) is 4.23. The van der Waals surface area contributed by atoms with Crippen LogP contribution in [0.25, 0.3) is 11.0 Å². The number of nitrogens with one attached hydrogen (secondary N) is 1. The summed E-state index contributed by atoms with van der Waals surface area (Å²) in [5.41, 5.74) is 1.02. The average molecular weight is 382 g/mol. The van der Waals surface area contributed by atoms with Crippen molar-refractivity contribution in [2.45, 2.75) is 24.0 Å². The Balaban J connectivity index is 1.75. The highest BCUT2D eigenvalue weighted by Crippen LogP contribution is 2.36. The zero-order valence-corrected chi connectivity index (χ0v) is 14.1. The van der Waals surface area contributed by atoms with Gasteiger partial charge in [-0.1, -0.05) is 12.1 Å². The molecule has 4 rings (SSSR count). The molecule has 0 fully saturated rings. The Morgan fingerprint density at radius 1 is 1.15 bits per heavy atom. The van der Waals surface area contributed by atoms with E-state index in [4.69, 9.17) is 0 Å². The van der Waals surface area contributed by atoms with Gasteiger partial charge in [-0.05, 0) is 29.7 Å². The van der Waals surface area contributed by atoms with E-state index >= 15 is 0 Å². The lowest BCUT2D eigenvalue weighted by Gasteiger charge is -2.29. The maximum Gasteiger partial charge on any atom is 0.417 e. The molecule has 1 aliphatic rings. The molecule has 6 nitrogen and oxygen atoms in total. The van der Waals surface area contributed by atoms with E-state index in [0.717, 1.165) is 27.4 Å². The smallest absolute Gasteiger partial charge is 0.261 e. The first-order valence-electron chi connectivity index (χ1n) is 7.74. The quantitative estimate of drug-likeness (QED) is 0.739. The molecule has 1 aromatic carbocycles. The summed E-state index contributed by atoms with van der Waals surface area (Å²) >= 11 is 0. The van der Waals surface area contributed by atoms with Crippen molar-refractivity contribution >= 4 is 21.1 Å². The second kappa shape index (κ2) is 5.78. The summed E-state index contributed by atoms with van der Waals surface area (Å²) in [5.74, 6) is 0. The molecular weight excluding hydrogens is 369 g/mol. The predicted octanol–water partition coefficient (Wildman–Crippen LogP) is 2.72. The molecule has 0 aliphatic carbocycles. The molecule has 136 valence electrons. The fraction of sp³-hybridized carbons (Fsp3) is 0.250. The summed E-state index contributed by atoms with van der Waals surface area (Å²) in [7, 11) is -4.30. The van der Waals surface area contributed by atoms with Gasteiger partial charge < -0.3 is 0 Å². The first-order chi connectivity index (χ1) is 12.3. The van der Waals surface area contributed by atoms with E-state index in [-0.39, 0.29) is 13.1 Å². The molecule has 0 spiro atoms. The Hall–Kier alpha value is -2.46. The fourth-order valence-corrected chi connectivity index (χ4v) is 4.83. The number of benzene rings is 1. The van der Waals surface area contributed by atoms with Gasteiger partial charge in [0.15, 0.2) is 5.65 Å². The molecule has 3 heterocycles. The largest absolute Gasteiger partial charge is 0.417 e. The minimum Gasteiger partial charge on any atom is -0.261 e. The highest BCUT2D eigenvalue weighted by molar-refractivity contribution is 7.89. The second-order valence-corrected chi connectivity index (χ2v) is 7.88. The summed E-state index contributed by atoms with van der Waals surface area (Å²) < 4.78 is 66.5. The van der Waals surface area contributed by atoms with Gasteiger partial charge in [0.05, 0.1) is 16.7 Å². The van der Waals surface area contributed by atoms with Gasteiger partial charge in [-0.3, -0.25) is 5.10 Å². The molecule has 0 saturated carbocycles. The van der Waals surface area contributed by atoms with E-state index in [1.54, 1.807) is 6.20 Å². The number of hydrogen-bond acceptors (Lipinski definition) is 4. The molecular formula is C16H13F3N4O2S. The van der Waals surface area contributed by atoms with E-state index in [1.165, 1.54) is 18.3 Å². The van der Waals surface area contributed by atoms with Crippen molar-refractivity contribution < 1.29 is 21.6 Å². The van der Waals surface area contributed by atoms with Crippen molar-refractivity contribution in [2.24, 2.45) is 0 Å². The number of fused-ring (bicyclic) bond motifs is 3. The van der Waals surface area contributed by atoms with Crippen LogP contribution in [0.5, 0.6) is 0 Å². The molecule has 0 saturated heterocycles. The van der Waals surface area contributed by atoms with E-state index in [1.807, 2.05) is 0 Å². The minimum atomic E-state index is -4.75. The van der Waals surface area contributed by atoms with Gasteiger partial charge in [0.25, 0.3) is 0 Å². The monoisotopic (exact) mass is 382 g/mol. The van der Waals surface area contributed by atoms with Crippen LogP contribution in [0.2, 0.25) is 0 Å². The number of pyridine rings is 1. The zero-order chi connectivity index (χ0) is 18.5. The first kappa shape index (κ1) is 17.0. The Kier molecular flexibility index (Phi) is 3.77. The van der Waals surface area contributed by atoms with Gasteiger partial charge in [0, 0.05) is 24.7 Å². The third-order valence-electron chi connectivity index (χ3n) is 4.45. The number of H-pyrrole nitrogens is 1. The standard InChI is InChI=1S/C16H13F3N4O2S/c17-16(18,19)13-3-1-2-4-14(13)26(24,25)23-6-5-11-10(9-23)7-20-15-12(11)8-21-22-15/h1-4,7-8H,5-6,9H2,(H,20,21,22). The van der Waals surface area contributed by atoms with E-state index in [2.05, 4.69) is 15.2 Å². The van der Waals surface area contributed by atoms with Crippen molar-refractivity contribution in [1.29, 1.82) is 0 Å². The van der Waals surface area contributed by atoms with Crippen LogP contribution < -0.4 is 0 Å². The van der Waals surface area contributed by atoms with Crippen LogP contribution in [0.1, 0.15) is 16.7 Å². The molecule has 0 unspecified atom stereocenters. The van der Waals surface area contributed by atoms with Crippen LogP contribution in [0.4, 0.5) is 13.2 Å². The maximum absolute atomic E-state index is 13.2. The second-order valence-electron chi connectivity index (χ2n) is 5.98. The average Bonchev–Trinajstić information content (AvgIpc) is 3.09. The van der Waals surface area contributed by atoms with Crippen LogP contribution in [0, 0.1) is 0 Å². The van der Waals surface area contributed by atoms with Gasteiger partial charge in [-0.15, -0.1) is 0 Å². The zero-order valence-electron chi connectivity index (χ0n) is 13.3. The summed E-state index contributed by atoms with van der Waals surface area (Å²) in [6.07, 6.45) is -1.22. The Labute approximate surface area is 146 Å². The molecule has 0 atom stereocenters. The highest BCUT2D eigenvalue weighted by atomic mass is 32.2. The van der Waals surface area contributed by atoms with Gasteiger partial charge in [0.1, 0.15) is 0 Å². The Bertz CT molecular complexity index is 1090. The summed E-state index contributed by atoms with van der Waals surface area (Å²) in [5, 5.41) is 7.46. The molecule has 1 aliphatic heterocycles. The van der Waals surface area contributed by atoms with Crippen molar-refractivity contribution in [3.05, 3.63) is 53.3 Å². The molecule has 2 aromatic heterocycles. The predicted molar refractivity (Wildman–Crippen MR) is 86.6 cm³/mol. The lowest BCUT2D eigenvalue weighted by Crippen LogP contribution is -2.37. The number of alkyl halides is 3. The molecule has 1 N–H and O–H groups in total. The SMILES string of the molecule is O=S(=O)(c1ccccc1C(F)(F)F)N1CCc2c(cnc3[nH]ncc23)C1. The highest BCUT2D eigenvalue weighted by Gasteiger charge is 2.39. The van der Waals surface area contributed by atoms with Crippen LogP contribution >= 0.6 is 0 Å². The Morgan fingerprint density at radius 2 is 1.92 bits per heavy atom. The normalized spacial score (nSPS) is 16.0. The number of nitrogens with zero attached hydrogens (tertiary/aromatic N) is 3. The van der Waals surface area contributed by atoms with E-state index < -0.39 is 26.7 Å². The summed E-state index contributed by atoms with van der Waals surface area (Å²) in [6.45, 7) is 0.0593. The Morgan fingerprint density at radius 3 is 2.69 bits per heavy atom. The molecule has 3 aromatic rings. The van der Waals surface area contributed by atoms with Crippen LogP contribution in [-0.4, -0.2) is 34.4 Å². The van der Waals surface area contributed by atoms with Crippen LogP contribution in [-0.2, 0) is 29.2 Å². The van der Waals surface area contributed by atoms with Crippen molar-refractivity contribution in [1.82, 2.24) is 19.5 Å². The maximum atomic E-state index is 13.2. The number of aromatic nitrogens is 3. The fourth-order valence-electron chi connectivity index (χ4n) is 3.20. The minimum absolute atomic E-state index is 0.0298. The van der Waals surface area contributed by atoms with E-state index in [0.29, 0.717) is 17.6 Å².